The summed E-state index contributed by atoms with van der Waals surface area (Å²) >= 11 is 0. The highest BCUT2D eigenvalue weighted by atomic mass is 14.9. The van der Waals surface area contributed by atoms with Crippen molar-refractivity contribution in [2.45, 2.75) is 33.1 Å². The number of aryl methyl sites for hydroxylation is 1. The van der Waals surface area contributed by atoms with Gasteiger partial charge >= 0.3 is 0 Å². The largest absolute Gasteiger partial charge is 0.384 e. The second kappa shape index (κ2) is 4.27. The maximum absolute atomic E-state index is 4.57. The molecule has 2 heteroatoms. The Hall–Kier alpha value is -1.57. The van der Waals surface area contributed by atoms with Crippen LogP contribution in [-0.4, -0.2) is 11.5 Å². The predicted molar refractivity (Wildman–Crippen MR) is 76.9 cm³/mol. The van der Waals surface area contributed by atoms with E-state index in [1.807, 2.05) is 6.07 Å². The van der Waals surface area contributed by atoms with Crippen molar-refractivity contribution in [3.8, 4) is 0 Å². The molecule has 0 spiro atoms. The number of nitrogens with zero attached hydrogens (tertiary/aromatic N) is 1. The summed E-state index contributed by atoms with van der Waals surface area (Å²) in [7, 11) is 0. The van der Waals surface area contributed by atoms with Crippen molar-refractivity contribution >= 4 is 16.6 Å². The molecule has 1 aliphatic rings. The van der Waals surface area contributed by atoms with Gasteiger partial charge in [-0.2, -0.15) is 0 Å². The van der Waals surface area contributed by atoms with Gasteiger partial charge in [0.1, 0.15) is 0 Å². The van der Waals surface area contributed by atoms with Crippen LogP contribution in [0.5, 0.6) is 0 Å². The molecule has 0 unspecified atom stereocenters. The Morgan fingerprint density at radius 2 is 2.06 bits per heavy atom. The highest BCUT2D eigenvalue weighted by molar-refractivity contribution is 5.91. The lowest BCUT2D eigenvalue weighted by molar-refractivity contribution is 0.180. The van der Waals surface area contributed by atoms with Crippen molar-refractivity contribution in [1.82, 2.24) is 4.98 Å². The van der Waals surface area contributed by atoms with Crippen LogP contribution in [-0.2, 0) is 0 Å². The summed E-state index contributed by atoms with van der Waals surface area (Å²) in [5.74, 6) is 0. The summed E-state index contributed by atoms with van der Waals surface area (Å²) in [5.41, 5.74) is 3.89. The van der Waals surface area contributed by atoms with Crippen molar-refractivity contribution in [3.63, 3.8) is 0 Å². The molecule has 0 aliphatic heterocycles. The van der Waals surface area contributed by atoms with Crippen LogP contribution in [0.1, 0.15) is 31.9 Å². The summed E-state index contributed by atoms with van der Waals surface area (Å²) < 4.78 is 0. The Labute approximate surface area is 108 Å². The highest BCUT2D eigenvalue weighted by Crippen LogP contribution is 2.40. The van der Waals surface area contributed by atoms with Crippen LogP contribution in [0, 0.1) is 12.3 Å². The van der Waals surface area contributed by atoms with E-state index in [4.69, 9.17) is 0 Å². The van der Waals surface area contributed by atoms with E-state index in [2.05, 4.69) is 48.4 Å². The Kier molecular flexibility index (Phi) is 2.73. The smallest absolute Gasteiger partial charge is 0.0725 e. The summed E-state index contributed by atoms with van der Waals surface area (Å²) in [4.78, 5) is 4.57. The van der Waals surface area contributed by atoms with E-state index in [0.717, 1.165) is 17.8 Å². The fraction of sp³-hybridized carbons (Fsp3) is 0.438. The number of para-hydroxylation sites is 1. The van der Waals surface area contributed by atoms with Crippen LogP contribution in [0.2, 0.25) is 0 Å². The van der Waals surface area contributed by atoms with Crippen molar-refractivity contribution in [3.05, 3.63) is 36.0 Å². The number of rotatable bonds is 3. The number of nitrogens with one attached hydrogen (secondary N) is 1. The average Bonchev–Trinajstić information content (AvgIpc) is 2.33. The molecule has 1 aliphatic carbocycles. The van der Waals surface area contributed by atoms with Crippen LogP contribution < -0.4 is 5.32 Å². The standard InChI is InChI=1S/C16H20N2/c1-12-10-15(17-11-16(2)8-5-9-16)13-6-3-4-7-14(13)18-12/h3-4,6-7,10H,5,8-9,11H2,1-2H3,(H,17,18). The van der Waals surface area contributed by atoms with Gasteiger partial charge in [0.25, 0.3) is 0 Å². The molecule has 0 amide bonds. The minimum absolute atomic E-state index is 0.498. The topological polar surface area (TPSA) is 24.9 Å². The zero-order chi connectivity index (χ0) is 12.6. The van der Waals surface area contributed by atoms with Crippen molar-refractivity contribution in [2.24, 2.45) is 5.41 Å². The van der Waals surface area contributed by atoms with Crippen molar-refractivity contribution in [2.75, 3.05) is 11.9 Å². The molecule has 1 fully saturated rings. The van der Waals surface area contributed by atoms with Crippen LogP contribution in [0.3, 0.4) is 0 Å². The molecule has 3 rings (SSSR count). The maximum atomic E-state index is 4.57. The number of anilines is 1. The summed E-state index contributed by atoms with van der Waals surface area (Å²) in [5, 5.41) is 4.86. The first-order chi connectivity index (χ1) is 8.66. The Bertz CT molecular complexity index is 570. The monoisotopic (exact) mass is 240 g/mol. The number of fused-ring (bicyclic) bond motifs is 1. The molecule has 1 saturated carbocycles. The number of aromatic nitrogens is 1. The second-order valence-electron chi connectivity index (χ2n) is 5.85. The van der Waals surface area contributed by atoms with Gasteiger partial charge < -0.3 is 5.32 Å². The van der Waals surface area contributed by atoms with Gasteiger partial charge in [-0.3, -0.25) is 4.98 Å². The summed E-state index contributed by atoms with van der Waals surface area (Å²) in [6, 6.07) is 10.5. The van der Waals surface area contributed by atoms with E-state index in [1.54, 1.807) is 0 Å². The van der Waals surface area contributed by atoms with Crippen LogP contribution in [0.15, 0.2) is 30.3 Å². The van der Waals surface area contributed by atoms with Crippen molar-refractivity contribution in [1.29, 1.82) is 0 Å². The molecule has 1 N–H and O–H groups in total. The Morgan fingerprint density at radius 3 is 2.78 bits per heavy atom. The molecule has 0 saturated heterocycles. The molecule has 2 nitrogen and oxygen atoms in total. The predicted octanol–water partition coefficient (Wildman–Crippen LogP) is 4.15. The van der Waals surface area contributed by atoms with Gasteiger partial charge in [-0.1, -0.05) is 31.5 Å². The van der Waals surface area contributed by atoms with Gasteiger partial charge in [0.2, 0.25) is 0 Å². The first-order valence-electron chi connectivity index (χ1n) is 6.77. The first kappa shape index (κ1) is 11.5. The molecule has 1 aromatic carbocycles. The molecule has 0 bridgehead atoms. The van der Waals surface area contributed by atoms with Gasteiger partial charge in [0.05, 0.1) is 5.52 Å². The quantitative estimate of drug-likeness (QED) is 0.872. The number of hydrogen-bond donors (Lipinski definition) is 1. The maximum Gasteiger partial charge on any atom is 0.0725 e. The van der Waals surface area contributed by atoms with Gasteiger partial charge in [0.15, 0.2) is 0 Å². The normalized spacial score (nSPS) is 17.4. The van der Waals surface area contributed by atoms with E-state index >= 15 is 0 Å². The third kappa shape index (κ3) is 2.07. The fourth-order valence-electron chi connectivity index (χ4n) is 2.72. The third-order valence-electron chi connectivity index (χ3n) is 4.11. The molecule has 94 valence electrons. The Balaban J connectivity index is 1.90. The van der Waals surface area contributed by atoms with Gasteiger partial charge in [-0.25, -0.2) is 0 Å². The second-order valence-corrected chi connectivity index (χ2v) is 5.85. The van der Waals surface area contributed by atoms with E-state index in [0.29, 0.717) is 5.41 Å². The van der Waals surface area contributed by atoms with Crippen LogP contribution in [0.4, 0.5) is 5.69 Å². The minimum atomic E-state index is 0.498. The number of benzene rings is 1. The van der Waals surface area contributed by atoms with E-state index in [9.17, 15) is 0 Å². The van der Waals surface area contributed by atoms with Gasteiger partial charge in [0, 0.05) is 23.3 Å². The molecule has 0 radical (unpaired) electrons. The lowest BCUT2D eigenvalue weighted by Gasteiger charge is -2.38. The lowest BCUT2D eigenvalue weighted by Crippen LogP contribution is -2.33. The van der Waals surface area contributed by atoms with Crippen LogP contribution in [0.25, 0.3) is 10.9 Å². The SMILES string of the molecule is Cc1cc(NCC2(C)CCC2)c2ccccc2n1. The van der Waals surface area contributed by atoms with Gasteiger partial charge in [-0.05, 0) is 37.3 Å². The fourth-order valence-corrected chi connectivity index (χ4v) is 2.72. The zero-order valence-electron chi connectivity index (χ0n) is 11.2. The molecular weight excluding hydrogens is 220 g/mol. The third-order valence-corrected chi connectivity index (χ3v) is 4.11. The summed E-state index contributed by atoms with van der Waals surface area (Å²) in [6.07, 6.45) is 4.08. The number of hydrogen-bond acceptors (Lipinski definition) is 2. The van der Waals surface area contributed by atoms with E-state index in [-0.39, 0.29) is 0 Å². The van der Waals surface area contributed by atoms with E-state index in [1.165, 1.54) is 30.3 Å². The van der Waals surface area contributed by atoms with Gasteiger partial charge in [-0.15, -0.1) is 0 Å². The lowest BCUT2D eigenvalue weighted by atomic mass is 9.70. The molecule has 1 heterocycles. The molecule has 0 atom stereocenters. The highest BCUT2D eigenvalue weighted by Gasteiger charge is 2.31. The van der Waals surface area contributed by atoms with Crippen molar-refractivity contribution < 1.29 is 0 Å². The first-order valence-corrected chi connectivity index (χ1v) is 6.77. The number of pyridine rings is 1. The molecule has 1 aromatic heterocycles. The Morgan fingerprint density at radius 1 is 1.28 bits per heavy atom. The molecule has 2 aromatic rings. The minimum Gasteiger partial charge on any atom is -0.384 e. The average molecular weight is 240 g/mol. The molecular formula is C16H20N2. The molecule has 18 heavy (non-hydrogen) atoms. The van der Waals surface area contributed by atoms with Crippen LogP contribution >= 0.6 is 0 Å². The summed E-state index contributed by atoms with van der Waals surface area (Å²) in [6.45, 7) is 5.50. The van der Waals surface area contributed by atoms with E-state index < -0.39 is 0 Å². The zero-order valence-corrected chi connectivity index (χ0v) is 11.2.